The van der Waals surface area contributed by atoms with Crippen LogP contribution in [0.3, 0.4) is 0 Å². The maximum atomic E-state index is 14.3. The molecule has 1 saturated heterocycles. The van der Waals surface area contributed by atoms with Gasteiger partial charge < -0.3 is 26.2 Å². The van der Waals surface area contributed by atoms with E-state index in [-0.39, 0.29) is 36.0 Å². The SMILES string of the molecule is CC[C@H](C)NC(=O)C(=O)C(CC(F)F)NC(=O)[C@@H]1[C@H]2CCC[C@H]2CN1C(=O)[C@@H](NC(=O)[C@@H](NC(=O)c1cnccn1)C(C)C)C(C)(C)C. The molecule has 5 amide bonds. The Hall–Kier alpha value is -4.04. The lowest BCUT2D eigenvalue weighted by molar-refractivity contribution is -0.146. The van der Waals surface area contributed by atoms with E-state index in [9.17, 15) is 37.5 Å². The average molecular weight is 678 g/mol. The number of nitrogens with zero attached hydrogens (tertiary/aromatic N) is 3. The number of hydrogen-bond donors (Lipinski definition) is 4. The van der Waals surface area contributed by atoms with Crippen molar-refractivity contribution in [3.8, 4) is 0 Å². The Labute approximate surface area is 280 Å². The first-order chi connectivity index (χ1) is 22.5. The molecule has 2 aliphatic rings. The standard InChI is InChI=1S/C33H49F2N7O6/c1-8-18(4)38-31(47)26(43)21(14-23(34)35)39-30(46)25-20-11-9-10-19(20)16-42(25)32(48)27(33(5,6)7)41-29(45)24(17(2)3)40-28(44)22-15-36-12-13-37-22/h12-13,15,17-21,23-25,27H,8-11,14,16H2,1-7H3,(H,38,47)(H,39,46)(H,40,44)(H,41,45)/t18-,19-,20-,21?,24-,25-,27+/m0/s1. The quantitative estimate of drug-likeness (QED) is 0.216. The van der Waals surface area contributed by atoms with E-state index in [1.807, 2.05) is 0 Å². The summed E-state index contributed by atoms with van der Waals surface area (Å²) < 4.78 is 27.1. The van der Waals surface area contributed by atoms with Gasteiger partial charge >= 0.3 is 0 Å². The highest BCUT2D eigenvalue weighted by atomic mass is 19.3. The fourth-order valence-electron chi connectivity index (χ4n) is 6.30. The number of Topliss-reactive ketones (excluding diaryl/α,β-unsaturated/α-hetero) is 1. The van der Waals surface area contributed by atoms with Gasteiger partial charge in [-0.3, -0.25) is 33.8 Å². The van der Waals surface area contributed by atoms with Crippen LogP contribution in [0.4, 0.5) is 8.78 Å². The number of nitrogens with one attached hydrogen (secondary N) is 4. The van der Waals surface area contributed by atoms with Crippen LogP contribution in [0.25, 0.3) is 0 Å². The van der Waals surface area contributed by atoms with Gasteiger partial charge in [0.1, 0.15) is 29.9 Å². The molecule has 1 aromatic rings. The Bertz CT molecular complexity index is 1340. The van der Waals surface area contributed by atoms with Gasteiger partial charge in [0, 0.05) is 31.4 Å². The second kappa shape index (κ2) is 16.4. The molecule has 48 heavy (non-hydrogen) atoms. The molecule has 13 nitrogen and oxygen atoms in total. The maximum absolute atomic E-state index is 14.3. The number of alkyl halides is 2. The number of carbonyl (C=O) groups excluding carboxylic acids is 6. The third kappa shape index (κ3) is 9.53. The average Bonchev–Trinajstić information content (AvgIpc) is 3.62. The summed E-state index contributed by atoms with van der Waals surface area (Å²) in [6.07, 6.45) is 2.62. The topological polar surface area (TPSA) is 180 Å². The molecular weight excluding hydrogens is 628 g/mol. The summed E-state index contributed by atoms with van der Waals surface area (Å²) in [5, 5.41) is 10.3. The number of rotatable bonds is 14. The molecule has 1 aliphatic carbocycles. The van der Waals surface area contributed by atoms with Crippen LogP contribution < -0.4 is 21.3 Å². The zero-order chi connectivity index (χ0) is 35.9. The lowest BCUT2D eigenvalue weighted by Crippen LogP contribution is -2.62. The fraction of sp³-hybridized carbons (Fsp3) is 0.697. The molecule has 1 aliphatic heterocycles. The highest BCUT2D eigenvalue weighted by molar-refractivity contribution is 6.38. The first-order valence-corrected chi connectivity index (χ1v) is 16.6. The van der Waals surface area contributed by atoms with Crippen molar-refractivity contribution in [1.29, 1.82) is 0 Å². The summed E-state index contributed by atoms with van der Waals surface area (Å²) in [5.74, 6) is -5.59. The van der Waals surface area contributed by atoms with Crippen LogP contribution in [0.1, 0.15) is 91.1 Å². The second-order valence-electron chi connectivity index (χ2n) is 14.2. The van der Waals surface area contributed by atoms with Crippen LogP contribution in [-0.4, -0.2) is 93.4 Å². The number of hydrogen-bond acceptors (Lipinski definition) is 8. The Morgan fingerprint density at radius 1 is 0.979 bits per heavy atom. The molecule has 2 heterocycles. The van der Waals surface area contributed by atoms with Gasteiger partial charge in [-0.25, -0.2) is 13.8 Å². The lowest BCUT2D eigenvalue weighted by Gasteiger charge is -2.37. The molecular formula is C33H49F2N7O6. The van der Waals surface area contributed by atoms with Crippen molar-refractivity contribution in [3.05, 3.63) is 24.3 Å². The molecule has 2 fully saturated rings. The van der Waals surface area contributed by atoms with Crippen molar-refractivity contribution in [3.63, 3.8) is 0 Å². The summed E-state index contributed by atoms with van der Waals surface area (Å²) in [4.78, 5) is 89.4. The van der Waals surface area contributed by atoms with Gasteiger partial charge in [-0.1, -0.05) is 48.0 Å². The predicted molar refractivity (Wildman–Crippen MR) is 171 cm³/mol. The largest absolute Gasteiger partial charge is 0.347 e. The Balaban J connectivity index is 1.86. The van der Waals surface area contributed by atoms with E-state index >= 15 is 0 Å². The van der Waals surface area contributed by atoms with E-state index < -0.39 is 77.7 Å². The fourth-order valence-corrected chi connectivity index (χ4v) is 6.30. The number of aromatic nitrogens is 2. The number of carbonyl (C=O) groups is 6. The monoisotopic (exact) mass is 677 g/mol. The molecule has 15 heteroatoms. The number of fused-ring (bicyclic) bond motifs is 1. The summed E-state index contributed by atoms with van der Waals surface area (Å²) in [6.45, 7) is 12.3. The molecule has 3 rings (SSSR count). The minimum atomic E-state index is -2.99. The van der Waals surface area contributed by atoms with Gasteiger partial charge in [-0.05, 0) is 49.4 Å². The summed E-state index contributed by atoms with van der Waals surface area (Å²) in [5.41, 5.74) is -0.845. The van der Waals surface area contributed by atoms with Crippen LogP contribution in [0.15, 0.2) is 18.6 Å². The molecule has 0 spiro atoms. The minimum Gasteiger partial charge on any atom is -0.347 e. The summed E-state index contributed by atoms with van der Waals surface area (Å²) in [7, 11) is 0. The van der Waals surface area contributed by atoms with Crippen molar-refractivity contribution >= 4 is 35.3 Å². The number of likely N-dealkylation sites (tertiary alicyclic amines) is 1. The Kier molecular flexibility index (Phi) is 13.1. The van der Waals surface area contributed by atoms with Gasteiger partial charge in [-0.2, -0.15) is 0 Å². The van der Waals surface area contributed by atoms with Gasteiger partial charge in [0.15, 0.2) is 0 Å². The molecule has 0 bridgehead atoms. The van der Waals surface area contributed by atoms with Crippen molar-refractivity contribution in [2.75, 3.05) is 6.54 Å². The van der Waals surface area contributed by atoms with Crippen LogP contribution in [0, 0.1) is 23.2 Å². The zero-order valence-corrected chi connectivity index (χ0v) is 28.7. The van der Waals surface area contributed by atoms with Crippen LogP contribution in [0.5, 0.6) is 0 Å². The summed E-state index contributed by atoms with van der Waals surface area (Å²) >= 11 is 0. The molecule has 266 valence electrons. The number of ketones is 1. The van der Waals surface area contributed by atoms with E-state index in [1.54, 1.807) is 48.5 Å². The number of amides is 5. The van der Waals surface area contributed by atoms with Crippen molar-refractivity contribution in [2.24, 2.45) is 23.2 Å². The minimum absolute atomic E-state index is 0.0119. The molecule has 0 radical (unpaired) electrons. The Morgan fingerprint density at radius 3 is 2.23 bits per heavy atom. The van der Waals surface area contributed by atoms with E-state index in [1.165, 1.54) is 23.5 Å². The highest BCUT2D eigenvalue weighted by Gasteiger charge is 2.52. The molecule has 0 aromatic carbocycles. The van der Waals surface area contributed by atoms with Crippen LogP contribution >= 0.6 is 0 Å². The van der Waals surface area contributed by atoms with Crippen molar-refractivity contribution in [2.45, 2.75) is 117 Å². The second-order valence-corrected chi connectivity index (χ2v) is 14.2. The smallest absolute Gasteiger partial charge is 0.289 e. The Morgan fingerprint density at radius 2 is 1.67 bits per heavy atom. The van der Waals surface area contributed by atoms with E-state index in [0.717, 1.165) is 12.8 Å². The predicted octanol–water partition coefficient (Wildman–Crippen LogP) is 2.01. The van der Waals surface area contributed by atoms with E-state index in [4.69, 9.17) is 0 Å². The van der Waals surface area contributed by atoms with Gasteiger partial charge in [0.2, 0.25) is 29.9 Å². The molecule has 7 atom stereocenters. The number of halogens is 2. The van der Waals surface area contributed by atoms with Crippen molar-refractivity contribution < 1.29 is 37.5 Å². The van der Waals surface area contributed by atoms with Gasteiger partial charge in [0.25, 0.3) is 11.8 Å². The lowest BCUT2D eigenvalue weighted by atomic mass is 9.85. The maximum Gasteiger partial charge on any atom is 0.289 e. The zero-order valence-electron chi connectivity index (χ0n) is 28.7. The van der Waals surface area contributed by atoms with Crippen LogP contribution in [0.2, 0.25) is 0 Å². The van der Waals surface area contributed by atoms with Gasteiger partial charge in [0.05, 0.1) is 6.20 Å². The van der Waals surface area contributed by atoms with E-state index in [0.29, 0.717) is 12.8 Å². The van der Waals surface area contributed by atoms with E-state index in [2.05, 4.69) is 31.2 Å². The van der Waals surface area contributed by atoms with Crippen molar-refractivity contribution in [1.82, 2.24) is 36.1 Å². The highest BCUT2D eigenvalue weighted by Crippen LogP contribution is 2.43. The summed E-state index contributed by atoms with van der Waals surface area (Å²) in [6, 6.07) is -5.46. The van der Waals surface area contributed by atoms with Gasteiger partial charge in [-0.15, -0.1) is 0 Å². The third-order valence-corrected chi connectivity index (χ3v) is 9.13. The molecule has 1 saturated carbocycles. The third-order valence-electron chi connectivity index (χ3n) is 9.13. The first kappa shape index (κ1) is 38.4. The molecule has 1 unspecified atom stereocenters. The molecule has 4 N–H and O–H groups in total. The molecule has 1 aromatic heterocycles. The van der Waals surface area contributed by atoms with Crippen LogP contribution in [-0.2, 0) is 24.0 Å². The first-order valence-electron chi connectivity index (χ1n) is 16.6. The normalized spacial score (nSPS) is 21.6.